The maximum absolute atomic E-state index is 12.2. The summed E-state index contributed by atoms with van der Waals surface area (Å²) in [4.78, 5) is 22.4. The van der Waals surface area contributed by atoms with E-state index in [4.69, 9.17) is 9.15 Å². The number of rotatable bonds is 5. The number of carbonyl (C=O) groups excluding carboxylic acids is 1. The van der Waals surface area contributed by atoms with E-state index in [1.54, 1.807) is 30.8 Å². The molecule has 0 aromatic carbocycles. The van der Waals surface area contributed by atoms with Gasteiger partial charge in [0.2, 0.25) is 11.9 Å². The van der Waals surface area contributed by atoms with Crippen LogP contribution in [0.5, 0.6) is 0 Å². The first kappa shape index (κ1) is 16.1. The topological polar surface area (TPSA) is 80.5 Å². The van der Waals surface area contributed by atoms with Crippen LogP contribution in [-0.2, 0) is 16.0 Å². The smallest absolute Gasteiger partial charge is 0.230 e. The van der Waals surface area contributed by atoms with E-state index in [0.717, 1.165) is 19.4 Å². The molecule has 1 amide bonds. The van der Waals surface area contributed by atoms with Crippen molar-refractivity contribution < 1.29 is 13.9 Å². The molecule has 2 aliphatic heterocycles. The van der Waals surface area contributed by atoms with Gasteiger partial charge in [-0.15, -0.1) is 0 Å². The number of aromatic nitrogens is 2. The van der Waals surface area contributed by atoms with Crippen LogP contribution in [-0.4, -0.2) is 52.6 Å². The average Bonchev–Trinajstić information content (AvgIpc) is 3.12. The Labute approximate surface area is 146 Å². The molecule has 1 atom stereocenters. The summed E-state index contributed by atoms with van der Waals surface area (Å²) in [6, 6.07) is 5.44. The fraction of sp³-hybridized carbons (Fsp3) is 0.500. The van der Waals surface area contributed by atoms with Crippen LogP contribution in [0.3, 0.4) is 0 Å². The lowest BCUT2D eigenvalue weighted by molar-refractivity contribution is -0.187. The summed E-state index contributed by atoms with van der Waals surface area (Å²) in [5, 5.41) is 3.25. The van der Waals surface area contributed by atoms with Crippen LogP contribution in [0.15, 0.2) is 41.3 Å². The highest BCUT2D eigenvalue weighted by molar-refractivity contribution is 5.79. The Morgan fingerprint density at radius 2 is 2.16 bits per heavy atom. The van der Waals surface area contributed by atoms with Crippen molar-refractivity contribution in [2.45, 2.75) is 24.9 Å². The van der Waals surface area contributed by atoms with Gasteiger partial charge in [0, 0.05) is 18.9 Å². The molecule has 2 aromatic rings. The maximum Gasteiger partial charge on any atom is 0.230 e. The molecule has 0 unspecified atom stereocenters. The summed E-state index contributed by atoms with van der Waals surface area (Å²) in [7, 11) is 0. The van der Waals surface area contributed by atoms with Crippen molar-refractivity contribution in [2.24, 2.45) is 5.92 Å². The number of anilines is 1. The van der Waals surface area contributed by atoms with Crippen LogP contribution in [0, 0.1) is 5.92 Å². The number of nitrogens with zero attached hydrogens (tertiary/aromatic N) is 3. The van der Waals surface area contributed by atoms with Crippen molar-refractivity contribution in [2.75, 3.05) is 31.6 Å². The molecule has 1 spiro atoms. The Bertz CT molecular complexity index is 688. The first-order valence-electron chi connectivity index (χ1n) is 8.67. The minimum atomic E-state index is -0.140. The van der Waals surface area contributed by atoms with Gasteiger partial charge in [0.25, 0.3) is 0 Å². The summed E-state index contributed by atoms with van der Waals surface area (Å²) in [5.74, 6) is 1.92. The third-order valence-corrected chi connectivity index (χ3v) is 4.96. The molecule has 4 rings (SSSR count). The second-order valence-electron chi connectivity index (χ2n) is 6.86. The van der Waals surface area contributed by atoms with Gasteiger partial charge in [-0.05, 0) is 37.0 Å². The van der Waals surface area contributed by atoms with Crippen LogP contribution in [0.4, 0.5) is 5.95 Å². The molecule has 7 nitrogen and oxygen atoms in total. The lowest BCUT2D eigenvalue weighted by atomic mass is 9.82. The highest BCUT2D eigenvalue weighted by Gasteiger charge is 2.48. The fourth-order valence-corrected chi connectivity index (χ4v) is 3.45. The molecule has 2 aromatic heterocycles. The monoisotopic (exact) mass is 342 g/mol. The SMILES string of the molecule is O=C(Cc1ccco1)N1CC2(CC[C@@H](CNc3ncccn3)CO2)C1. The van der Waals surface area contributed by atoms with Gasteiger partial charge < -0.3 is 19.4 Å². The van der Waals surface area contributed by atoms with Crippen molar-refractivity contribution >= 4 is 11.9 Å². The Morgan fingerprint density at radius 3 is 2.84 bits per heavy atom. The average molecular weight is 342 g/mol. The van der Waals surface area contributed by atoms with Crippen molar-refractivity contribution in [3.05, 3.63) is 42.6 Å². The number of hydrogen-bond acceptors (Lipinski definition) is 6. The Hall–Kier alpha value is -2.41. The second-order valence-corrected chi connectivity index (χ2v) is 6.86. The molecule has 25 heavy (non-hydrogen) atoms. The van der Waals surface area contributed by atoms with Gasteiger partial charge in [-0.3, -0.25) is 4.79 Å². The summed E-state index contributed by atoms with van der Waals surface area (Å²) < 4.78 is 11.4. The van der Waals surface area contributed by atoms with E-state index < -0.39 is 0 Å². The van der Waals surface area contributed by atoms with Crippen LogP contribution >= 0.6 is 0 Å². The van der Waals surface area contributed by atoms with Gasteiger partial charge in [-0.25, -0.2) is 9.97 Å². The quantitative estimate of drug-likeness (QED) is 0.891. The van der Waals surface area contributed by atoms with Crippen molar-refractivity contribution in [3.8, 4) is 0 Å². The lowest BCUT2D eigenvalue weighted by Crippen LogP contribution is -2.66. The predicted octanol–water partition coefficient (Wildman–Crippen LogP) is 1.73. The van der Waals surface area contributed by atoms with Crippen molar-refractivity contribution in [3.63, 3.8) is 0 Å². The molecule has 1 N–H and O–H groups in total. The molecule has 0 aliphatic carbocycles. The number of furan rings is 1. The van der Waals surface area contributed by atoms with Crippen LogP contribution in [0.25, 0.3) is 0 Å². The molecule has 0 bridgehead atoms. The maximum atomic E-state index is 12.2. The molecule has 132 valence electrons. The van der Waals surface area contributed by atoms with Crippen LogP contribution in [0.1, 0.15) is 18.6 Å². The molecule has 2 fully saturated rings. The zero-order chi connectivity index (χ0) is 17.1. The van der Waals surface area contributed by atoms with Gasteiger partial charge in [-0.1, -0.05) is 0 Å². The van der Waals surface area contributed by atoms with Gasteiger partial charge in [0.15, 0.2) is 0 Å². The summed E-state index contributed by atoms with van der Waals surface area (Å²) >= 11 is 0. The molecular weight excluding hydrogens is 320 g/mol. The third kappa shape index (κ3) is 3.66. The Morgan fingerprint density at radius 1 is 1.32 bits per heavy atom. The fourth-order valence-electron chi connectivity index (χ4n) is 3.45. The van der Waals surface area contributed by atoms with Crippen LogP contribution < -0.4 is 5.32 Å². The second kappa shape index (κ2) is 6.84. The minimum Gasteiger partial charge on any atom is -0.469 e. The zero-order valence-electron chi connectivity index (χ0n) is 14.1. The summed E-state index contributed by atoms with van der Waals surface area (Å²) in [6.45, 7) is 2.89. The number of hydrogen-bond donors (Lipinski definition) is 1. The van der Waals surface area contributed by atoms with E-state index in [1.165, 1.54) is 0 Å². The highest BCUT2D eigenvalue weighted by Crippen LogP contribution is 2.36. The van der Waals surface area contributed by atoms with Crippen molar-refractivity contribution in [1.82, 2.24) is 14.9 Å². The van der Waals surface area contributed by atoms with E-state index in [0.29, 0.717) is 43.7 Å². The lowest BCUT2D eigenvalue weighted by Gasteiger charge is -2.52. The van der Waals surface area contributed by atoms with E-state index in [9.17, 15) is 4.79 Å². The molecule has 2 aliphatic rings. The number of likely N-dealkylation sites (tertiary alicyclic amines) is 1. The molecule has 4 heterocycles. The molecule has 7 heteroatoms. The normalized spacial score (nSPS) is 21.8. The molecule has 2 saturated heterocycles. The third-order valence-electron chi connectivity index (χ3n) is 4.96. The van der Waals surface area contributed by atoms with Crippen molar-refractivity contribution in [1.29, 1.82) is 0 Å². The first-order valence-corrected chi connectivity index (χ1v) is 8.67. The zero-order valence-corrected chi connectivity index (χ0v) is 14.1. The van der Waals surface area contributed by atoms with E-state index in [-0.39, 0.29) is 11.5 Å². The predicted molar refractivity (Wildman–Crippen MR) is 90.9 cm³/mol. The number of nitrogens with one attached hydrogen (secondary N) is 1. The molecule has 0 radical (unpaired) electrons. The van der Waals surface area contributed by atoms with E-state index in [1.807, 2.05) is 11.0 Å². The minimum absolute atomic E-state index is 0.106. The number of amides is 1. The summed E-state index contributed by atoms with van der Waals surface area (Å²) in [5.41, 5.74) is -0.140. The first-order chi connectivity index (χ1) is 12.2. The number of ether oxygens (including phenoxy) is 1. The summed E-state index contributed by atoms with van der Waals surface area (Å²) in [6.07, 6.45) is 7.44. The van der Waals surface area contributed by atoms with Gasteiger partial charge >= 0.3 is 0 Å². The molecular formula is C18H22N4O3. The van der Waals surface area contributed by atoms with E-state index in [2.05, 4.69) is 15.3 Å². The van der Waals surface area contributed by atoms with E-state index >= 15 is 0 Å². The highest BCUT2D eigenvalue weighted by atomic mass is 16.5. The standard InChI is InChI=1S/C18H22N4O3/c23-16(9-15-3-1-8-24-15)22-12-18(13-22)5-4-14(11-25-18)10-21-17-19-6-2-7-20-17/h1-3,6-8,14H,4-5,9-13H2,(H,19,20,21)/t14-/m0/s1. The Kier molecular flexibility index (Phi) is 4.40. The Balaban J connectivity index is 1.20. The van der Waals surface area contributed by atoms with Gasteiger partial charge in [-0.2, -0.15) is 0 Å². The largest absolute Gasteiger partial charge is 0.469 e. The number of carbonyl (C=O) groups is 1. The van der Waals surface area contributed by atoms with Gasteiger partial charge in [0.1, 0.15) is 11.4 Å². The molecule has 0 saturated carbocycles. The van der Waals surface area contributed by atoms with Gasteiger partial charge in [0.05, 0.1) is 32.4 Å². The van der Waals surface area contributed by atoms with Crippen LogP contribution in [0.2, 0.25) is 0 Å².